The predicted octanol–water partition coefficient (Wildman–Crippen LogP) is 1.14. The fourth-order valence-electron chi connectivity index (χ4n) is 0.954. The van der Waals surface area contributed by atoms with Crippen LogP contribution in [0.1, 0.15) is 0 Å². The van der Waals surface area contributed by atoms with Gasteiger partial charge in [0.05, 0.1) is 7.11 Å². The van der Waals surface area contributed by atoms with Gasteiger partial charge in [-0.15, -0.1) is 0 Å². The molecule has 2 rings (SSSR count). The first-order valence-electron chi connectivity index (χ1n) is 3.67. The van der Waals surface area contributed by atoms with Crippen LogP contribution in [0.25, 0.3) is 11.5 Å². The van der Waals surface area contributed by atoms with Crippen molar-refractivity contribution in [1.29, 1.82) is 0 Å². The molecule has 0 aliphatic heterocycles. The van der Waals surface area contributed by atoms with E-state index in [2.05, 4.69) is 15.1 Å². The van der Waals surface area contributed by atoms with Crippen molar-refractivity contribution in [2.75, 3.05) is 7.11 Å². The van der Waals surface area contributed by atoms with Crippen molar-refractivity contribution in [3.63, 3.8) is 0 Å². The van der Waals surface area contributed by atoms with E-state index in [1.807, 2.05) is 0 Å². The molecule has 0 saturated heterocycles. The second-order valence-corrected chi connectivity index (χ2v) is 2.33. The molecule has 0 aromatic carbocycles. The smallest absolute Gasteiger partial charge is 0.257 e. The van der Waals surface area contributed by atoms with Gasteiger partial charge in [0.25, 0.3) is 5.89 Å². The van der Waals surface area contributed by atoms with E-state index in [9.17, 15) is 0 Å². The maximum Gasteiger partial charge on any atom is 0.257 e. The van der Waals surface area contributed by atoms with E-state index in [1.165, 1.54) is 6.33 Å². The molecule has 0 fully saturated rings. The van der Waals surface area contributed by atoms with Crippen LogP contribution >= 0.6 is 0 Å². The summed E-state index contributed by atoms with van der Waals surface area (Å²) in [4.78, 5) is 7.86. The highest BCUT2D eigenvalue weighted by atomic mass is 16.5. The lowest BCUT2D eigenvalue weighted by atomic mass is 10.3. The molecule has 2 aromatic rings. The summed E-state index contributed by atoms with van der Waals surface area (Å²) in [6.45, 7) is 0. The predicted molar refractivity (Wildman–Crippen MR) is 44.1 cm³/mol. The van der Waals surface area contributed by atoms with E-state index in [1.54, 1.807) is 25.4 Å². The number of aromatic nitrogens is 3. The minimum Gasteiger partial charge on any atom is -0.481 e. The third-order valence-corrected chi connectivity index (χ3v) is 1.55. The maximum atomic E-state index is 4.95. The molecule has 0 atom stereocenters. The van der Waals surface area contributed by atoms with Crippen molar-refractivity contribution in [3.8, 4) is 17.3 Å². The molecule has 2 heterocycles. The van der Waals surface area contributed by atoms with Crippen LogP contribution in [0, 0.1) is 0 Å². The monoisotopic (exact) mass is 177 g/mol. The molecule has 0 aliphatic carbocycles. The maximum absolute atomic E-state index is 4.95. The summed E-state index contributed by atoms with van der Waals surface area (Å²) in [6.07, 6.45) is 2.97. The molecule has 0 radical (unpaired) electrons. The van der Waals surface area contributed by atoms with E-state index < -0.39 is 0 Å². The Morgan fingerprint density at radius 2 is 2.31 bits per heavy atom. The largest absolute Gasteiger partial charge is 0.481 e. The van der Waals surface area contributed by atoms with E-state index >= 15 is 0 Å². The number of hydrogen-bond acceptors (Lipinski definition) is 5. The second-order valence-electron chi connectivity index (χ2n) is 2.33. The van der Waals surface area contributed by atoms with Gasteiger partial charge in [-0.25, -0.2) is 4.98 Å². The number of hydrogen-bond donors (Lipinski definition) is 0. The summed E-state index contributed by atoms with van der Waals surface area (Å²) in [5, 5.41) is 3.51. The lowest BCUT2D eigenvalue weighted by Gasteiger charge is -1.98. The van der Waals surface area contributed by atoms with Gasteiger partial charge in [-0.05, 0) is 6.07 Å². The SMILES string of the molecule is COc1cc(-c2ncno2)ccn1. The van der Waals surface area contributed by atoms with Gasteiger partial charge in [-0.3, -0.25) is 0 Å². The van der Waals surface area contributed by atoms with Crippen LogP contribution in [-0.2, 0) is 0 Å². The number of methoxy groups -OCH3 is 1. The van der Waals surface area contributed by atoms with Crippen molar-refractivity contribution >= 4 is 0 Å². The fourth-order valence-corrected chi connectivity index (χ4v) is 0.954. The first-order valence-corrected chi connectivity index (χ1v) is 3.67. The Morgan fingerprint density at radius 1 is 1.38 bits per heavy atom. The molecule has 13 heavy (non-hydrogen) atoms. The van der Waals surface area contributed by atoms with Crippen LogP contribution in [-0.4, -0.2) is 22.2 Å². The Balaban J connectivity index is 2.41. The summed E-state index contributed by atoms with van der Waals surface area (Å²) in [7, 11) is 1.56. The van der Waals surface area contributed by atoms with E-state index in [4.69, 9.17) is 9.26 Å². The standard InChI is InChI=1S/C8H7N3O2/c1-12-7-4-6(2-3-9-7)8-10-5-11-13-8/h2-5H,1H3. The Morgan fingerprint density at radius 3 is 3.00 bits per heavy atom. The number of ether oxygens (including phenoxy) is 1. The molecule has 0 bridgehead atoms. The number of pyridine rings is 1. The molecule has 5 nitrogen and oxygen atoms in total. The molecule has 0 saturated carbocycles. The van der Waals surface area contributed by atoms with Crippen molar-refractivity contribution in [2.24, 2.45) is 0 Å². The number of rotatable bonds is 2. The van der Waals surface area contributed by atoms with Gasteiger partial charge in [0.1, 0.15) is 0 Å². The molecule has 0 N–H and O–H groups in total. The molecular weight excluding hydrogens is 170 g/mol. The van der Waals surface area contributed by atoms with Crippen molar-refractivity contribution in [1.82, 2.24) is 15.1 Å². The van der Waals surface area contributed by atoms with Crippen molar-refractivity contribution in [2.45, 2.75) is 0 Å². The van der Waals surface area contributed by atoms with Gasteiger partial charge in [-0.2, -0.15) is 4.98 Å². The van der Waals surface area contributed by atoms with E-state index in [-0.39, 0.29) is 0 Å². The second kappa shape index (κ2) is 3.22. The van der Waals surface area contributed by atoms with Crippen molar-refractivity contribution in [3.05, 3.63) is 24.7 Å². The first-order chi connectivity index (χ1) is 6.40. The topological polar surface area (TPSA) is 61.0 Å². The van der Waals surface area contributed by atoms with Crippen LogP contribution in [0.5, 0.6) is 5.88 Å². The molecular formula is C8H7N3O2. The van der Waals surface area contributed by atoms with Gasteiger partial charge < -0.3 is 9.26 Å². The van der Waals surface area contributed by atoms with Gasteiger partial charge in [0, 0.05) is 17.8 Å². The summed E-state index contributed by atoms with van der Waals surface area (Å²) in [6, 6.07) is 3.50. The third-order valence-electron chi connectivity index (χ3n) is 1.55. The Hall–Kier alpha value is -1.91. The lowest BCUT2D eigenvalue weighted by Crippen LogP contribution is -1.87. The van der Waals surface area contributed by atoms with Gasteiger partial charge in [0.2, 0.25) is 5.88 Å². The van der Waals surface area contributed by atoms with E-state index in [0.29, 0.717) is 11.8 Å². The third kappa shape index (κ3) is 1.48. The summed E-state index contributed by atoms with van der Waals surface area (Å²) in [5.41, 5.74) is 0.796. The minimum atomic E-state index is 0.459. The molecule has 0 unspecified atom stereocenters. The van der Waals surface area contributed by atoms with Gasteiger partial charge >= 0.3 is 0 Å². The molecule has 0 spiro atoms. The normalized spacial score (nSPS) is 9.92. The lowest BCUT2D eigenvalue weighted by molar-refractivity contribution is 0.397. The zero-order chi connectivity index (χ0) is 9.10. The molecule has 0 aliphatic rings. The van der Waals surface area contributed by atoms with Crippen molar-refractivity contribution < 1.29 is 9.26 Å². The fraction of sp³-hybridized carbons (Fsp3) is 0.125. The van der Waals surface area contributed by atoms with Crippen LogP contribution in [0.2, 0.25) is 0 Å². The van der Waals surface area contributed by atoms with Crippen LogP contribution in [0.3, 0.4) is 0 Å². The Kier molecular flexibility index (Phi) is 1.91. The highest BCUT2D eigenvalue weighted by Crippen LogP contribution is 2.18. The summed E-state index contributed by atoms with van der Waals surface area (Å²) < 4.78 is 9.83. The number of nitrogens with zero attached hydrogens (tertiary/aromatic N) is 3. The molecule has 0 amide bonds. The average Bonchev–Trinajstić information content (AvgIpc) is 2.71. The van der Waals surface area contributed by atoms with Crippen LogP contribution in [0.4, 0.5) is 0 Å². The van der Waals surface area contributed by atoms with Gasteiger partial charge in [-0.1, -0.05) is 5.16 Å². The van der Waals surface area contributed by atoms with Crippen LogP contribution in [0.15, 0.2) is 29.2 Å². The van der Waals surface area contributed by atoms with E-state index in [0.717, 1.165) is 5.56 Å². The molecule has 5 heteroatoms. The molecule has 66 valence electrons. The van der Waals surface area contributed by atoms with Gasteiger partial charge in [0.15, 0.2) is 6.33 Å². The highest BCUT2D eigenvalue weighted by molar-refractivity contribution is 5.53. The summed E-state index contributed by atoms with van der Waals surface area (Å²) >= 11 is 0. The average molecular weight is 177 g/mol. The Bertz CT molecular complexity index is 386. The zero-order valence-electron chi connectivity index (χ0n) is 6.97. The quantitative estimate of drug-likeness (QED) is 0.688. The minimum absolute atomic E-state index is 0.459. The summed E-state index contributed by atoms with van der Waals surface area (Å²) in [5.74, 6) is 0.983. The zero-order valence-corrected chi connectivity index (χ0v) is 6.97. The Labute approximate surface area is 74.4 Å². The molecule has 2 aromatic heterocycles. The van der Waals surface area contributed by atoms with Crippen LogP contribution < -0.4 is 4.74 Å². The first kappa shape index (κ1) is 7.72. The highest BCUT2D eigenvalue weighted by Gasteiger charge is 2.04.